The number of hydrogen-bond acceptors (Lipinski definition) is 3. The Kier molecular flexibility index (Phi) is 59.9. The van der Waals surface area contributed by atoms with E-state index in [1.807, 2.05) is 0 Å². The first-order valence-corrected chi connectivity index (χ1v) is 35.9. The third-order valence-corrected chi connectivity index (χ3v) is 17.1. The van der Waals surface area contributed by atoms with Gasteiger partial charge in [0.25, 0.3) is 10.1 Å². The second-order valence-corrected chi connectivity index (χ2v) is 25.6. The maximum Gasteiger partial charge on any atom is 0.267 e. The van der Waals surface area contributed by atoms with Gasteiger partial charge in [0, 0.05) is 0 Å². The first-order chi connectivity index (χ1) is 36.8. The van der Waals surface area contributed by atoms with E-state index in [4.69, 9.17) is 0 Å². The summed E-state index contributed by atoms with van der Waals surface area (Å²) in [6.45, 7) is 7.08. The topological polar surface area (TPSA) is 74.6 Å². The van der Waals surface area contributed by atoms with Gasteiger partial charge in [-0.05, 0) is 56.8 Å². The van der Waals surface area contributed by atoms with Crippen LogP contribution < -0.4 is 0 Å². The summed E-state index contributed by atoms with van der Waals surface area (Å²) in [6.07, 6.45) is 89.2. The molecule has 0 saturated heterocycles. The highest BCUT2D eigenvalue weighted by Crippen LogP contribution is 2.22. The molecule has 0 aliphatic heterocycles. The van der Waals surface area contributed by atoms with Gasteiger partial charge in [-0.2, -0.15) is 8.42 Å². The predicted molar refractivity (Wildman–Crippen MR) is 335 cm³/mol. The normalized spacial score (nSPS) is 13.0. The fourth-order valence-electron chi connectivity index (χ4n) is 11.3. The Morgan fingerprint density at radius 3 is 0.613 bits per heavy atom. The van der Waals surface area contributed by atoms with Gasteiger partial charge in [0.2, 0.25) is 0 Å². The molecule has 5 nitrogen and oxygen atoms in total. The second kappa shape index (κ2) is 60.7. The lowest BCUT2D eigenvalue weighted by atomic mass is 10.0. The average molecular weight is 1080 g/mol. The summed E-state index contributed by atoms with van der Waals surface area (Å²) in [7, 11) is -4.29. The maximum atomic E-state index is 11.9. The Bertz CT molecular complexity index is 1170. The second-order valence-electron chi connectivity index (χ2n) is 24.1. The number of nitrogens with zero attached hydrogens (tertiary/aromatic N) is 1. The molecule has 2 N–H and O–H groups in total. The molecule has 0 bridgehead atoms. The molecule has 0 heterocycles. The lowest BCUT2D eigenvalue weighted by Crippen LogP contribution is -2.41. The summed E-state index contributed by atoms with van der Waals surface area (Å²) < 4.78 is 33.8. The van der Waals surface area contributed by atoms with Crippen LogP contribution in [0.2, 0.25) is 0 Å². The van der Waals surface area contributed by atoms with Gasteiger partial charge in [-0.3, -0.25) is 4.55 Å². The van der Waals surface area contributed by atoms with Crippen LogP contribution in [0.25, 0.3) is 0 Å². The Hall–Kier alpha value is -0.950. The van der Waals surface area contributed by atoms with Crippen molar-refractivity contribution in [2.45, 2.75) is 393 Å². The molecule has 1 atom stereocenters. The molecule has 0 radical (unpaired) electrons. The minimum Gasteiger partial charge on any atom is -0.386 e. The van der Waals surface area contributed by atoms with Crippen molar-refractivity contribution in [3.8, 4) is 0 Å². The quantitative estimate of drug-likeness (QED) is 0.0362. The minimum atomic E-state index is -4.29. The van der Waals surface area contributed by atoms with E-state index in [1.165, 1.54) is 327 Å². The first kappa shape index (κ1) is 74.0. The third kappa shape index (κ3) is 60.5. The number of unbranched alkanes of at least 4 members (excludes halogenated alkanes) is 54. The van der Waals surface area contributed by atoms with Crippen LogP contribution in [0.3, 0.4) is 0 Å². The monoisotopic (exact) mass is 1080 g/mol. The van der Waals surface area contributed by atoms with Crippen LogP contribution in [0.4, 0.5) is 0 Å². The molecule has 0 aliphatic carbocycles. The van der Waals surface area contributed by atoms with Gasteiger partial charge in [0.05, 0.1) is 0 Å². The number of aliphatic hydroxyl groups is 1. The Balaban J connectivity index is 4.91. The van der Waals surface area contributed by atoms with Crippen LogP contribution in [0.1, 0.15) is 387 Å². The summed E-state index contributed by atoms with van der Waals surface area (Å²) in [6, 6.07) is 0. The average Bonchev–Trinajstić information content (AvgIpc) is 3.38. The molecule has 75 heavy (non-hydrogen) atoms. The molecule has 0 aromatic rings. The summed E-state index contributed by atoms with van der Waals surface area (Å²) in [4.78, 5) is 0. The Labute approximate surface area is 472 Å². The predicted octanol–water partition coefficient (Wildman–Crippen LogP) is 23.9. The van der Waals surface area contributed by atoms with Gasteiger partial charge < -0.3 is 5.11 Å². The van der Waals surface area contributed by atoms with Crippen molar-refractivity contribution in [3.05, 3.63) is 36.8 Å². The van der Waals surface area contributed by atoms with Gasteiger partial charge >= 0.3 is 0 Å². The van der Waals surface area contributed by atoms with Gasteiger partial charge in [-0.15, -0.1) is 0 Å². The first-order valence-electron chi connectivity index (χ1n) is 34.3. The van der Waals surface area contributed by atoms with Crippen LogP contribution in [-0.2, 0) is 10.1 Å². The standard InChI is InChI=1S/C69H135NO4S/c1-4-7-10-13-16-19-22-25-28-31-34-37-40-43-46-49-52-55-58-61-64-70(67-69(71)68-75(72,73)74,65-62-59-56-53-50-47-44-41-38-35-32-29-26-23-20-17-14-11-8-5-2)66-63-60-57-54-51-48-45-42-39-36-33-30-27-24-21-18-15-12-9-6-3/h61-66,69,71H,4-60,67-68H2,1-3H3/p+1/b64-61+,65-62+,66-63+. The van der Waals surface area contributed by atoms with E-state index < -0.39 is 22.0 Å². The lowest BCUT2D eigenvalue weighted by Gasteiger charge is -2.29. The molecule has 0 aromatic heterocycles. The van der Waals surface area contributed by atoms with E-state index in [0.717, 1.165) is 38.5 Å². The molecule has 0 fully saturated rings. The lowest BCUT2D eigenvalue weighted by molar-refractivity contribution is -0.777. The molecule has 0 saturated carbocycles. The fraction of sp³-hybridized carbons (Fsp3) is 0.913. The van der Waals surface area contributed by atoms with E-state index in [1.54, 1.807) is 0 Å². The Morgan fingerprint density at radius 2 is 0.453 bits per heavy atom. The minimum absolute atomic E-state index is 0.195. The van der Waals surface area contributed by atoms with Gasteiger partial charge in [0.15, 0.2) is 0 Å². The van der Waals surface area contributed by atoms with Crippen LogP contribution in [-0.4, -0.2) is 41.0 Å². The van der Waals surface area contributed by atoms with E-state index >= 15 is 0 Å². The maximum absolute atomic E-state index is 11.9. The zero-order valence-corrected chi connectivity index (χ0v) is 52.1. The largest absolute Gasteiger partial charge is 0.386 e. The highest BCUT2D eigenvalue weighted by atomic mass is 32.2. The van der Waals surface area contributed by atoms with Crippen molar-refractivity contribution in [1.29, 1.82) is 0 Å². The molecule has 0 amide bonds. The SMILES string of the molecule is CCCCCCCCCCCCCCCCCCCC/C=C/[N+](/C=C/CCCCCCCCCCCCCCCCCCCC)(/C=C/CCCCCCCCCCCCCCCCCCCC)CC(O)CS(=O)(=O)O. The van der Waals surface area contributed by atoms with Crippen molar-refractivity contribution in [2.75, 3.05) is 12.3 Å². The van der Waals surface area contributed by atoms with Crippen LogP contribution in [0.15, 0.2) is 36.8 Å². The number of allylic oxidation sites excluding steroid dienone is 3. The summed E-state index contributed by atoms with van der Waals surface area (Å²) in [5, 5.41) is 11.1. The summed E-state index contributed by atoms with van der Waals surface area (Å²) in [5.41, 5.74) is 0. The van der Waals surface area contributed by atoms with Gasteiger partial charge in [-0.25, -0.2) is 4.48 Å². The highest BCUT2D eigenvalue weighted by Gasteiger charge is 2.27. The van der Waals surface area contributed by atoms with E-state index in [-0.39, 0.29) is 11.0 Å². The van der Waals surface area contributed by atoms with E-state index in [2.05, 4.69) is 57.6 Å². The van der Waals surface area contributed by atoms with Crippen molar-refractivity contribution in [1.82, 2.24) is 0 Å². The Morgan fingerprint density at radius 1 is 0.293 bits per heavy atom. The molecule has 0 aromatic carbocycles. The van der Waals surface area contributed by atoms with Crippen molar-refractivity contribution >= 4 is 10.1 Å². The fourth-order valence-corrected chi connectivity index (χ4v) is 11.9. The van der Waals surface area contributed by atoms with Crippen LogP contribution >= 0.6 is 0 Å². The van der Waals surface area contributed by atoms with Crippen molar-refractivity contribution in [3.63, 3.8) is 0 Å². The smallest absolute Gasteiger partial charge is 0.267 e. The zero-order valence-electron chi connectivity index (χ0n) is 51.3. The molecule has 0 aliphatic rings. The zero-order chi connectivity index (χ0) is 54.5. The number of aliphatic hydroxyl groups excluding tert-OH is 1. The summed E-state index contributed by atoms with van der Waals surface area (Å²) >= 11 is 0. The molecular formula is C69H136NO4S+. The molecule has 6 heteroatoms. The number of quaternary nitrogens is 1. The van der Waals surface area contributed by atoms with E-state index in [9.17, 15) is 18.1 Å². The molecular weight excluding hydrogens is 939 g/mol. The van der Waals surface area contributed by atoms with Gasteiger partial charge in [0.1, 0.15) is 37.0 Å². The van der Waals surface area contributed by atoms with Crippen molar-refractivity contribution in [2.24, 2.45) is 0 Å². The molecule has 1 unspecified atom stereocenters. The highest BCUT2D eigenvalue weighted by molar-refractivity contribution is 7.85. The van der Waals surface area contributed by atoms with E-state index in [0.29, 0.717) is 0 Å². The molecule has 446 valence electrons. The third-order valence-electron chi connectivity index (χ3n) is 16.3. The number of hydrogen-bond donors (Lipinski definition) is 2. The van der Waals surface area contributed by atoms with Crippen LogP contribution in [0, 0.1) is 0 Å². The molecule has 0 rings (SSSR count). The number of rotatable bonds is 64. The molecule has 0 spiro atoms. The van der Waals surface area contributed by atoms with Crippen molar-refractivity contribution < 1.29 is 22.6 Å². The summed E-state index contributed by atoms with van der Waals surface area (Å²) in [5.74, 6) is -0.639. The van der Waals surface area contributed by atoms with Crippen LogP contribution in [0.5, 0.6) is 0 Å². The van der Waals surface area contributed by atoms with Gasteiger partial charge in [-0.1, -0.05) is 348 Å².